The summed E-state index contributed by atoms with van der Waals surface area (Å²) in [7, 11) is 0. The van der Waals surface area contributed by atoms with Gasteiger partial charge >= 0.3 is 0 Å². The minimum atomic E-state index is 0.566. The summed E-state index contributed by atoms with van der Waals surface area (Å²) in [6.07, 6.45) is 8.88. The summed E-state index contributed by atoms with van der Waals surface area (Å²) in [5.74, 6) is 0.912. The van der Waals surface area contributed by atoms with E-state index in [1.807, 2.05) is 12.4 Å². The summed E-state index contributed by atoms with van der Waals surface area (Å²) < 4.78 is 0. The lowest BCUT2D eigenvalue weighted by atomic mass is 9.60. The molecule has 1 aliphatic carbocycles. The molecule has 4 rings (SSSR count). The van der Waals surface area contributed by atoms with Crippen LogP contribution in [0.2, 0.25) is 0 Å². The second kappa shape index (κ2) is 5.39. The van der Waals surface area contributed by atoms with Crippen LogP contribution in [0.1, 0.15) is 25.7 Å². The van der Waals surface area contributed by atoms with Crippen molar-refractivity contribution in [2.24, 2.45) is 5.41 Å². The molecule has 5 heteroatoms. The van der Waals surface area contributed by atoms with Gasteiger partial charge in [0.15, 0.2) is 0 Å². The van der Waals surface area contributed by atoms with Crippen LogP contribution in [-0.2, 0) is 0 Å². The van der Waals surface area contributed by atoms with Crippen LogP contribution >= 0.6 is 11.3 Å². The summed E-state index contributed by atoms with van der Waals surface area (Å²) in [6.45, 7) is 2.36. The number of anilines is 1. The fourth-order valence-corrected chi connectivity index (χ4v) is 4.32. The summed E-state index contributed by atoms with van der Waals surface area (Å²) in [4.78, 5) is 10.2. The number of nitrogens with zero attached hydrogens (tertiary/aromatic N) is 2. The highest BCUT2D eigenvalue weighted by Crippen LogP contribution is 2.48. The van der Waals surface area contributed by atoms with Crippen LogP contribution in [0.5, 0.6) is 0 Å². The van der Waals surface area contributed by atoms with Crippen LogP contribution in [0.3, 0.4) is 0 Å². The average molecular weight is 300 g/mol. The Kier molecular flexibility index (Phi) is 3.39. The molecule has 2 fully saturated rings. The lowest BCUT2D eigenvalue weighted by Gasteiger charge is -2.50. The largest absolute Gasteiger partial charge is 0.366 e. The molecule has 2 aliphatic rings. The quantitative estimate of drug-likeness (QED) is 0.914. The summed E-state index contributed by atoms with van der Waals surface area (Å²) in [5.41, 5.74) is 1.56. The fourth-order valence-electron chi connectivity index (χ4n) is 3.64. The van der Waals surface area contributed by atoms with Gasteiger partial charge in [0.25, 0.3) is 0 Å². The molecule has 1 spiro atoms. The first kappa shape index (κ1) is 13.2. The molecular weight excluding hydrogens is 280 g/mol. The van der Waals surface area contributed by atoms with E-state index in [2.05, 4.69) is 33.1 Å². The number of nitrogens with one attached hydrogen (secondary N) is 2. The standard InChI is InChI=1S/C16H20N4S/c1-2-14(21-7-1)13-10-18-11-15(20-13)19-12-8-16(9-12)3-5-17-6-4-16/h1-2,7,10-12,17H,3-6,8-9H2,(H,19,20). The lowest BCUT2D eigenvalue weighted by Crippen LogP contribution is -2.50. The molecule has 1 saturated carbocycles. The molecule has 3 heterocycles. The van der Waals surface area contributed by atoms with Crippen LogP contribution in [0.4, 0.5) is 5.82 Å². The highest BCUT2D eigenvalue weighted by Gasteiger charge is 2.44. The number of aromatic nitrogens is 2. The third-order valence-corrected chi connectivity index (χ3v) is 5.68. The summed E-state index contributed by atoms with van der Waals surface area (Å²) in [5, 5.41) is 9.09. The van der Waals surface area contributed by atoms with Crippen molar-refractivity contribution in [3.05, 3.63) is 29.9 Å². The zero-order valence-corrected chi connectivity index (χ0v) is 12.8. The van der Waals surface area contributed by atoms with Crippen LogP contribution in [0, 0.1) is 5.41 Å². The van der Waals surface area contributed by atoms with Crippen molar-refractivity contribution < 1.29 is 0 Å². The van der Waals surface area contributed by atoms with Gasteiger partial charge in [-0.05, 0) is 55.6 Å². The Bertz CT molecular complexity index is 596. The van der Waals surface area contributed by atoms with Crippen molar-refractivity contribution in [1.29, 1.82) is 0 Å². The summed E-state index contributed by atoms with van der Waals surface area (Å²) >= 11 is 1.70. The Labute approximate surface area is 129 Å². The van der Waals surface area contributed by atoms with Gasteiger partial charge in [0.1, 0.15) is 11.5 Å². The van der Waals surface area contributed by atoms with Crippen molar-refractivity contribution >= 4 is 17.2 Å². The first-order chi connectivity index (χ1) is 10.3. The van der Waals surface area contributed by atoms with Crippen molar-refractivity contribution in [3.63, 3.8) is 0 Å². The Hall–Kier alpha value is -1.46. The second-order valence-electron chi connectivity index (χ2n) is 6.27. The van der Waals surface area contributed by atoms with Gasteiger partial charge in [0.05, 0.1) is 17.3 Å². The number of hydrogen-bond donors (Lipinski definition) is 2. The summed E-state index contributed by atoms with van der Waals surface area (Å²) in [6, 6.07) is 4.71. The molecule has 110 valence electrons. The zero-order chi connectivity index (χ0) is 14.1. The predicted octanol–water partition coefficient (Wildman–Crippen LogP) is 3.15. The van der Waals surface area contributed by atoms with E-state index in [1.165, 1.54) is 43.6 Å². The molecule has 1 aliphatic heterocycles. The number of rotatable bonds is 3. The van der Waals surface area contributed by atoms with Crippen molar-refractivity contribution in [1.82, 2.24) is 15.3 Å². The molecule has 0 radical (unpaired) electrons. The Balaban J connectivity index is 1.41. The maximum Gasteiger partial charge on any atom is 0.145 e. The molecule has 0 unspecified atom stereocenters. The van der Waals surface area contributed by atoms with Gasteiger partial charge in [-0.15, -0.1) is 11.3 Å². The molecule has 0 aromatic carbocycles. The highest BCUT2D eigenvalue weighted by atomic mass is 32.1. The molecule has 0 amide bonds. The molecule has 4 nitrogen and oxygen atoms in total. The number of hydrogen-bond acceptors (Lipinski definition) is 5. The minimum Gasteiger partial charge on any atom is -0.366 e. The molecule has 0 atom stereocenters. The van der Waals surface area contributed by atoms with Crippen LogP contribution in [-0.4, -0.2) is 29.1 Å². The van der Waals surface area contributed by atoms with E-state index in [-0.39, 0.29) is 0 Å². The van der Waals surface area contributed by atoms with E-state index in [9.17, 15) is 0 Å². The molecule has 2 aromatic heterocycles. The molecule has 2 N–H and O–H groups in total. The topological polar surface area (TPSA) is 49.8 Å². The third kappa shape index (κ3) is 2.68. The van der Waals surface area contributed by atoms with E-state index in [4.69, 9.17) is 4.98 Å². The van der Waals surface area contributed by atoms with Crippen molar-refractivity contribution in [2.75, 3.05) is 18.4 Å². The maximum absolute atomic E-state index is 4.70. The number of piperidine rings is 1. The van der Waals surface area contributed by atoms with Gasteiger partial charge in [-0.1, -0.05) is 6.07 Å². The lowest BCUT2D eigenvalue weighted by molar-refractivity contribution is 0.0717. The second-order valence-corrected chi connectivity index (χ2v) is 7.21. The number of thiophene rings is 1. The molecule has 21 heavy (non-hydrogen) atoms. The van der Waals surface area contributed by atoms with Gasteiger partial charge in [0.2, 0.25) is 0 Å². The SMILES string of the molecule is c1csc(-c2cncc(NC3CC4(CCNCC4)C3)n2)c1. The average Bonchev–Trinajstić information content (AvgIpc) is 3.01. The molecule has 0 bridgehead atoms. The molecule has 1 saturated heterocycles. The van der Waals surface area contributed by atoms with E-state index in [0.29, 0.717) is 11.5 Å². The Morgan fingerprint density at radius 1 is 1.24 bits per heavy atom. The van der Waals surface area contributed by atoms with E-state index in [0.717, 1.165) is 11.5 Å². The zero-order valence-electron chi connectivity index (χ0n) is 12.0. The van der Waals surface area contributed by atoms with Crippen molar-refractivity contribution in [3.8, 4) is 10.6 Å². The minimum absolute atomic E-state index is 0.566. The van der Waals surface area contributed by atoms with Crippen LogP contribution in [0.15, 0.2) is 29.9 Å². The normalized spacial score (nSPS) is 21.1. The van der Waals surface area contributed by atoms with Crippen LogP contribution < -0.4 is 10.6 Å². The van der Waals surface area contributed by atoms with Crippen molar-refractivity contribution in [2.45, 2.75) is 31.7 Å². The smallest absolute Gasteiger partial charge is 0.145 e. The van der Waals surface area contributed by atoms with E-state index < -0.39 is 0 Å². The van der Waals surface area contributed by atoms with Gasteiger partial charge in [-0.2, -0.15) is 0 Å². The molecule has 2 aromatic rings. The maximum atomic E-state index is 4.70. The van der Waals surface area contributed by atoms with Gasteiger partial charge in [-0.3, -0.25) is 4.98 Å². The van der Waals surface area contributed by atoms with Crippen LogP contribution in [0.25, 0.3) is 10.6 Å². The first-order valence-corrected chi connectivity index (χ1v) is 8.54. The van der Waals surface area contributed by atoms with Gasteiger partial charge < -0.3 is 10.6 Å². The molecular formula is C16H20N4S. The van der Waals surface area contributed by atoms with Gasteiger partial charge in [0, 0.05) is 6.04 Å². The Morgan fingerprint density at radius 3 is 2.86 bits per heavy atom. The van der Waals surface area contributed by atoms with Gasteiger partial charge in [-0.25, -0.2) is 4.98 Å². The Morgan fingerprint density at radius 2 is 2.10 bits per heavy atom. The third-order valence-electron chi connectivity index (χ3n) is 4.78. The first-order valence-electron chi connectivity index (χ1n) is 7.66. The highest BCUT2D eigenvalue weighted by molar-refractivity contribution is 7.13. The van der Waals surface area contributed by atoms with E-state index >= 15 is 0 Å². The fraction of sp³-hybridized carbons (Fsp3) is 0.500. The predicted molar refractivity (Wildman–Crippen MR) is 86.5 cm³/mol. The monoisotopic (exact) mass is 300 g/mol. The van der Waals surface area contributed by atoms with E-state index in [1.54, 1.807) is 11.3 Å².